The molecule has 1 aliphatic rings. The second kappa shape index (κ2) is 10.3. The summed E-state index contributed by atoms with van der Waals surface area (Å²) in [6.07, 6.45) is 2.70. The van der Waals surface area contributed by atoms with Gasteiger partial charge in [-0.05, 0) is 49.6 Å². The molecule has 1 N–H and O–H groups in total. The van der Waals surface area contributed by atoms with Gasteiger partial charge in [-0.2, -0.15) is 0 Å². The molecule has 0 aromatic heterocycles. The Morgan fingerprint density at radius 3 is 2.44 bits per heavy atom. The molecule has 1 aliphatic heterocycles. The first-order valence-corrected chi connectivity index (χ1v) is 12.2. The minimum Gasteiger partial charge on any atom is -0.372 e. The van der Waals surface area contributed by atoms with Gasteiger partial charge < -0.3 is 15.1 Å². The number of rotatable bonds is 9. The molecule has 0 aliphatic carbocycles. The summed E-state index contributed by atoms with van der Waals surface area (Å²) < 4.78 is 40.2. The van der Waals surface area contributed by atoms with Crippen molar-refractivity contribution >= 4 is 27.3 Å². The van der Waals surface area contributed by atoms with E-state index in [4.69, 9.17) is 0 Å². The highest BCUT2D eigenvalue weighted by Crippen LogP contribution is 2.28. The number of nitrogens with zero attached hydrogens (tertiary/aromatic N) is 3. The van der Waals surface area contributed by atoms with E-state index in [0.717, 1.165) is 35.9 Å². The van der Waals surface area contributed by atoms with Crippen molar-refractivity contribution in [1.82, 2.24) is 9.62 Å². The second-order valence-corrected chi connectivity index (χ2v) is 10.3. The third-order valence-electron chi connectivity index (χ3n) is 5.66. The Morgan fingerprint density at radius 1 is 1.09 bits per heavy atom. The molecule has 0 spiro atoms. The van der Waals surface area contributed by atoms with Crippen molar-refractivity contribution in [2.24, 2.45) is 0 Å². The molecule has 174 valence electrons. The molecule has 1 saturated heterocycles. The van der Waals surface area contributed by atoms with Crippen molar-refractivity contribution in [3.63, 3.8) is 0 Å². The van der Waals surface area contributed by atoms with Gasteiger partial charge in [-0.3, -0.25) is 4.79 Å². The molecule has 0 radical (unpaired) electrons. The summed E-state index contributed by atoms with van der Waals surface area (Å²) in [5, 5.41) is 2.90. The van der Waals surface area contributed by atoms with Crippen LogP contribution < -0.4 is 15.1 Å². The van der Waals surface area contributed by atoms with Gasteiger partial charge in [0.05, 0.1) is 16.1 Å². The van der Waals surface area contributed by atoms with Gasteiger partial charge in [0.15, 0.2) is 0 Å². The van der Waals surface area contributed by atoms with Crippen LogP contribution in [0.5, 0.6) is 0 Å². The Bertz CT molecular complexity index is 1050. The highest BCUT2D eigenvalue weighted by molar-refractivity contribution is 7.89. The van der Waals surface area contributed by atoms with Crippen LogP contribution in [0.25, 0.3) is 0 Å². The molecule has 1 fully saturated rings. The van der Waals surface area contributed by atoms with Crippen molar-refractivity contribution in [2.45, 2.75) is 24.2 Å². The summed E-state index contributed by atoms with van der Waals surface area (Å²) in [5.74, 6) is -0.593. The molecular weight excluding hydrogens is 431 g/mol. The molecule has 0 saturated carbocycles. The first-order chi connectivity index (χ1) is 15.2. The van der Waals surface area contributed by atoms with Gasteiger partial charge in [0.2, 0.25) is 10.0 Å². The van der Waals surface area contributed by atoms with Gasteiger partial charge in [0, 0.05) is 53.0 Å². The van der Waals surface area contributed by atoms with E-state index in [0.29, 0.717) is 30.8 Å². The number of hydrogen-bond acceptors (Lipinski definition) is 5. The Morgan fingerprint density at radius 2 is 1.78 bits per heavy atom. The van der Waals surface area contributed by atoms with Crippen molar-refractivity contribution in [1.29, 1.82) is 0 Å². The van der Waals surface area contributed by atoms with Gasteiger partial charge in [0.25, 0.3) is 5.91 Å². The fourth-order valence-electron chi connectivity index (χ4n) is 3.80. The molecule has 1 heterocycles. The maximum atomic E-state index is 13.9. The lowest BCUT2D eigenvalue weighted by atomic mass is 10.1. The van der Waals surface area contributed by atoms with Crippen molar-refractivity contribution < 1.29 is 17.6 Å². The van der Waals surface area contributed by atoms with E-state index in [1.54, 1.807) is 42.3 Å². The van der Waals surface area contributed by atoms with Gasteiger partial charge >= 0.3 is 0 Å². The zero-order valence-electron chi connectivity index (χ0n) is 18.8. The fourth-order valence-corrected chi connectivity index (χ4v) is 4.73. The zero-order chi connectivity index (χ0) is 23.3. The van der Waals surface area contributed by atoms with Crippen LogP contribution in [0.15, 0.2) is 47.4 Å². The zero-order valence-corrected chi connectivity index (χ0v) is 19.7. The molecule has 7 nitrogen and oxygen atoms in total. The third kappa shape index (κ3) is 5.39. The molecule has 0 bridgehead atoms. The van der Waals surface area contributed by atoms with Crippen LogP contribution in [0.1, 0.15) is 29.6 Å². The number of anilines is 2. The predicted molar refractivity (Wildman–Crippen MR) is 125 cm³/mol. The van der Waals surface area contributed by atoms with Gasteiger partial charge in [-0.15, -0.1) is 0 Å². The molecule has 0 unspecified atom stereocenters. The number of para-hydroxylation sites is 1. The van der Waals surface area contributed by atoms with E-state index >= 15 is 0 Å². The van der Waals surface area contributed by atoms with Gasteiger partial charge in [-0.25, -0.2) is 17.1 Å². The third-order valence-corrected chi connectivity index (χ3v) is 7.47. The van der Waals surface area contributed by atoms with Gasteiger partial charge in [-0.1, -0.05) is 12.1 Å². The molecular formula is C23H31FN4O3S. The average Bonchev–Trinajstić information content (AvgIpc) is 3.31. The van der Waals surface area contributed by atoms with E-state index in [9.17, 15) is 17.6 Å². The Hall–Kier alpha value is -2.65. The normalized spacial score (nSPS) is 14.1. The molecule has 0 atom stereocenters. The van der Waals surface area contributed by atoms with E-state index in [1.807, 2.05) is 0 Å². The number of sulfonamides is 1. The number of halogens is 1. The van der Waals surface area contributed by atoms with E-state index < -0.39 is 10.0 Å². The minimum atomic E-state index is -3.65. The topological polar surface area (TPSA) is 73.0 Å². The monoisotopic (exact) mass is 462 g/mol. The summed E-state index contributed by atoms with van der Waals surface area (Å²) in [7, 11) is 1.09. The summed E-state index contributed by atoms with van der Waals surface area (Å²) >= 11 is 0. The SMILES string of the molecule is CN(CCCNC(=O)c1cc(S(=O)(=O)N(C)C)ccc1N1CCCC1)c1ccccc1F. The fraction of sp³-hybridized carbons (Fsp3) is 0.435. The van der Waals surface area contributed by atoms with E-state index in [2.05, 4.69) is 10.2 Å². The van der Waals surface area contributed by atoms with Crippen LogP contribution in [0.2, 0.25) is 0 Å². The quantitative estimate of drug-likeness (QED) is 0.580. The number of carbonyl (C=O) groups is 1. The minimum absolute atomic E-state index is 0.0925. The first-order valence-electron chi connectivity index (χ1n) is 10.8. The van der Waals surface area contributed by atoms with E-state index in [1.165, 1.54) is 26.2 Å². The number of nitrogens with one attached hydrogen (secondary N) is 1. The number of amides is 1. The Labute approximate surface area is 189 Å². The summed E-state index contributed by atoms with van der Waals surface area (Å²) in [5.41, 5.74) is 1.62. The molecule has 9 heteroatoms. The second-order valence-electron chi connectivity index (χ2n) is 8.14. The highest BCUT2D eigenvalue weighted by Gasteiger charge is 2.24. The van der Waals surface area contributed by atoms with Crippen LogP contribution in [-0.2, 0) is 10.0 Å². The smallest absolute Gasteiger partial charge is 0.253 e. The number of hydrogen-bond donors (Lipinski definition) is 1. The molecule has 32 heavy (non-hydrogen) atoms. The molecule has 1 amide bonds. The lowest BCUT2D eigenvalue weighted by Gasteiger charge is -2.23. The molecule has 3 rings (SSSR count). The standard InChI is InChI=1S/C23H31FN4O3S/c1-26(2)32(30,31)18-11-12-21(28-15-6-7-16-28)19(17-18)23(29)25-13-8-14-27(3)22-10-5-4-9-20(22)24/h4-5,9-12,17H,6-8,13-16H2,1-3H3,(H,25,29). The molecule has 2 aromatic carbocycles. The van der Waals surface area contributed by atoms with Gasteiger partial charge in [0.1, 0.15) is 5.82 Å². The van der Waals surface area contributed by atoms with E-state index in [-0.39, 0.29) is 16.6 Å². The number of benzene rings is 2. The van der Waals surface area contributed by atoms with Crippen LogP contribution in [0.3, 0.4) is 0 Å². The molecule has 2 aromatic rings. The Kier molecular flexibility index (Phi) is 7.73. The predicted octanol–water partition coefficient (Wildman–Crippen LogP) is 2.93. The van der Waals surface area contributed by atoms with Crippen molar-refractivity contribution in [2.75, 3.05) is 57.1 Å². The average molecular weight is 463 g/mol. The summed E-state index contributed by atoms with van der Waals surface area (Å²) in [6.45, 7) is 2.64. The Balaban J connectivity index is 1.70. The lowest BCUT2D eigenvalue weighted by molar-refractivity contribution is 0.0953. The lowest BCUT2D eigenvalue weighted by Crippen LogP contribution is -2.31. The maximum Gasteiger partial charge on any atom is 0.253 e. The number of carbonyl (C=O) groups excluding carboxylic acids is 1. The van der Waals surface area contributed by atoms with Crippen molar-refractivity contribution in [3.05, 3.63) is 53.8 Å². The first kappa shape index (κ1) is 24.0. The maximum absolute atomic E-state index is 13.9. The summed E-state index contributed by atoms with van der Waals surface area (Å²) in [6, 6.07) is 11.3. The summed E-state index contributed by atoms with van der Waals surface area (Å²) in [4.78, 5) is 17.0. The van der Waals surface area contributed by atoms with Crippen molar-refractivity contribution in [3.8, 4) is 0 Å². The van der Waals surface area contributed by atoms with Crippen LogP contribution in [0.4, 0.5) is 15.8 Å². The van der Waals surface area contributed by atoms with Crippen LogP contribution >= 0.6 is 0 Å². The highest BCUT2D eigenvalue weighted by atomic mass is 32.2. The largest absolute Gasteiger partial charge is 0.372 e. The van der Waals surface area contributed by atoms with Crippen LogP contribution in [-0.4, -0.2) is 66.0 Å². The van der Waals surface area contributed by atoms with Crippen LogP contribution in [0, 0.1) is 5.82 Å².